The third kappa shape index (κ3) is 3.52. The van der Waals surface area contributed by atoms with Crippen molar-refractivity contribution in [3.8, 4) is 0 Å². The second kappa shape index (κ2) is 5.64. The molecule has 0 aliphatic heterocycles. The molecule has 112 valence electrons. The molecular formula is C14H15BrF4O. The smallest absolute Gasteiger partial charge is 0.390 e. The number of benzene rings is 1. The van der Waals surface area contributed by atoms with Gasteiger partial charge in [0.1, 0.15) is 5.82 Å². The second-order valence-corrected chi connectivity index (χ2v) is 6.24. The Labute approximate surface area is 123 Å². The molecule has 1 aliphatic carbocycles. The molecule has 1 fully saturated rings. The summed E-state index contributed by atoms with van der Waals surface area (Å²) in [6.45, 7) is 0. The average molecular weight is 355 g/mol. The predicted molar refractivity (Wildman–Crippen MR) is 70.8 cm³/mol. The maximum absolute atomic E-state index is 13.4. The van der Waals surface area contributed by atoms with E-state index in [1.807, 2.05) is 0 Å². The van der Waals surface area contributed by atoms with Crippen molar-refractivity contribution in [3.63, 3.8) is 0 Å². The molecule has 1 saturated carbocycles. The molecule has 0 bridgehead atoms. The van der Waals surface area contributed by atoms with Crippen LogP contribution < -0.4 is 0 Å². The third-order valence-corrected chi connectivity index (χ3v) is 4.72. The van der Waals surface area contributed by atoms with Crippen molar-refractivity contribution in [1.82, 2.24) is 0 Å². The monoisotopic (exact) mass is 354 g/mol. The standard InChI is InChI=1S/C14H15BrF4O/c15-12-9(3-1-5-11(12)16)7-13(20)6-2-4-10(8-13)14(17,18)19/h1,3,5,10,20H,2,4,6-8H2. The molecule has 0 heterocycles. The van der Waals surface area contributed by atoms with Crippen molar-refractivity contribution >= 4 is 15.9 Å². The zero-order valence-corrected chi connectivity index (χ0v) is 12.3. The number of aliphatic hydroxyl groups is 1. The Morgan fingerprint density at radius 3 is 2.70 bits per heavy atom. The van der Waals surface area contributed by atoms with Gasteiger partial charge in [0.25, 0.3) is 0 Å². The first-order valence-electron chi connectivity index (χ1n) is 6.43. The molecule has 2 unspecified atom stereocenters. The maximum atomic E-state index is 13.4. The average Bonchev–Trinajstić information content (AvgIpc) is 2.34. The lowest BCUT2D eigenvalue weighted by Crippen LogP contribution is -2.42. The molecule has 0 radical (unpaired) electrons. The van der Waals surface area contributed by atoms with E-state index < -0.39 is 23.5 Å². The van der Waals surface area contributed by atoms with Crippen LogP contribution in [0.15, 0.2) is 22.7 Å². The molecule has 1 aliphatic rings. The maximum Gasteiger partial charge on any atom is 0.391 e. The number of hydrogen-bond acceptors (Lipinski definition) is 1. The van der Waals surface area contributed by atoms with Crippen LogP contribution in [0.4, 0.5) is 17.6 Å². The highest BCUT2D eigenvalue weighted by Crippen LogP contribution is 2.43. The van der Waals surface area contributed by atoms with Gasteiger partial charge in [-0.2, -0.15) is 13.2 Å². The number of halogens is 5. The van der Waals surface area contributed by atoms with Crippen molar-refractivity contribution in [3.05, 3.63) is 34.1 Å². The van der Waals surface area contributed by atoms with E-state index in [4.69, 9.17) is 0 Å². The van der Waals surface area contributed by atoms with Crippen LogP contribution in [0, 0.1) is 11.7 Å². The lowest BCUT2D eigenvalue weighted by Gasteiger charge is -2.38. The van der Waals surface area contributed by atoms with Crippen LogP contribution in [0.2, 0.25) is 0 Å². The van der Waals surface area contributed by atoms with Crippen molar-refractivity contribution in [2.45, 2.75) is 43.9 Å². The fourth-order valence-corrected chi connectivity index (χ4v) is 3.22. The van der Waals surface area contributed by atoms with Crippen LogP contribution in [0.25, 0.3) is 0 Å². The minimum atomic E-state index is -4.28. The molecule has 1 nitrogen and oxygen atoms in total. The topological polar surface area (TPSA) is 20.2 Å². The molecule has 0 amide bonds. The van der Waals surface area contributed by atoms with Crippen molar-refractivity contribution in [2.75, 3.05) is 0 Å². The highest BCUT2D eigenvalue weighted by Gasteiger charge is 2.47. The van der Waals surface area contributed by atoms with Gasteiger partial charge in [-0.15, -0.1) is 0 Å². The first-order chi connectivity index (χ1) is 9.21. The molecule has 1 aromatic carbocycles. The van der Waals surface area contributed by atoms with Gasteiger partial charge in [0.2, 0.25) is 0 Å². The molecule has 0 spiro atoms. The van der Waals surface area contributed by atoms with Gasteiger partial charge in [0.15, 0.2) is 0 Å². The molecule has 0 aromatic heterocycles. The first kappa shape index (κ1) is 15.8. The van der Waals surface area contributed by atoms with E-state index in [-0.39, 0.29) is 23.7 Å². The van der Waals surface area contributed by atoms with E-state index >= 15 is 0 Å². The number of alkyl halides is 3. The van der Waals surface area contributed by atoms with E-state index in [1.165, 1.54) is 12.1 Å². The Hall–Kier alpha value is -0.620. The molecule has 1 aromatic rings. The van der Waals surface area contributed by atoms with Gasteiger partial charge in [0, 0.05) is 6.42 Å². The van der Waals surface area contributed by atoms with Gasteiger partial charge in [-0.25, -0.2) is 4.39 Å². The molecule has 20 heavy (non-hydrogen) atoms. The van der Waals surface area contributed by atoms with E-state index in [9.17, 15) is 22.7 Å². The molecule has 2 atom stereocenters. The fraction of sp³-hybridized carbons (Fsp3) is 0.571. The van der Waals surface area contributed by atoms with Crippen LogP contribution >= 0.6 is 15.9 Å². The zero-order chi connectivity index (χ0) is 15.0. The summed E-state index contributed by atoms with van der Waals surface area (Å²) in [7, 11) is 0. The Kier molecular flexibility index (Phi) is 4.44. The largest absolute Gasteiger partial charge is 0.391 e. The highest BCUT2D eigenvalue weighted by molar-refractivity contribution is 9.10. The van der Waals surface area contributed by atoms with Crippen LogP contribution in [0.3, 0.4) is 0 Å². The van der Waals surface area contributed by atoms with Crippen LogP contribution in [0.5, 0.6) is 0 Å². The van der Waals surface area contributed by atoms with Gasteiger partial charge < -0.3 is 5.11 Å². The lowest BCUT2D eigenvalue weighted by atomic mass is 9.75. The molecular weight excluding hydrogens is 340 g/mol. The van der Waals surface area contributed by atoms with Crippen molar-refractivity contribution in [2.24, 2.45) is 5.92 Å². The van der Waals surface area contributed by atoms with E-state index in [2.05, 4.69) is 15.9 Å². The third-order valence-electron chi connectivity index (χ3n) is 3.84. The molecule has 0 saturated heterocycles. The molecule has 1 N–H and O–H groups in total. The van der Waals surface area contributed by atoms with Gasteiger partial charge in [-0.05, 0) is 53.2 Å². The normalized spacial score (nSPS) is 27.6. The van der Waals surface area contributed by atoms with E-state index in [0.29, 0.717) is 18.4 Å². The van der Waals surface area contributed by atoms with Crippen LogP contribution in [-0.2, 0) is 6.42 Å². The van der Waals surface area contributed by atoms with Crippen molar-refractivity contribution in [1.29, 1.82) is 0 Å². The van der Waals surface area contributed by atoms with Gasteiger partial charge in [-0.1, -0.05) is 12.1 Å². The minimum absolute atomic E-state index is 0.0257. The Bertz CT molecular complexity index is 489. The summed E-state index contributed by atoms with van der Waals surface area (Å²) in [6, 6.07) is 4.36. The molecule has 6 heteroatoms. The first-order valence-corrected chi connectivity index (χ1v) is 7.22. The zero-order valence-electron chi connectivity index (χ0n) is 10.7. The SMILES string of the molecule is OC1(Cc2cccc(F)c2Br)CCCC(C(F)(F)F)C1. The van der Waals surface area contributed by atoms with Crippen molar-refractivity contribution < 1.29 is 22.7 Å². The summed E-state index contributed by atoms with van der Waals surface area (Å²) in [4.78, 5) is 0. The number of rotatable bonds is 2. The summed E-state index contributed by atoms with van der Waals surface area (Å²) in [5.41, 5.74) is -0.926. The fourth-order valence-electron chi connectivity index (χ4n) is 2.82. The second-order valence-electron chi connectivity index (χ2n) is 5.45. The number of hydrogen-bond donors (Lipinski definition) is 1. The minimum Gasteiger partial charge on any atom is -0.390 e. The van der Waals surface area contributed by atoms with Gasteiger partial charge in [0.05, 0.1) is 16.0 Å². The lowest BCUT2D eigenvalue weighted by molar-refractivity contribution is -0.200. The Morgan fingerprint density at radius 1 is 1.35 bits per heavy atom. The summed E-state index contributed by atoms with van der Waals surface area (Å²) in [5, 5.41) is 10.4. The summed E-state index contributed by atoms with van der Waals surface area (Å²) in [5.74, 6) is -1.96. The van der Waals surface area contributed by atoms with Gasteiger partial charge >= 0.3 is 6.18 Å². The Morgan fingerprint density at radius 2 is 2.05 bits per heavy atom. The van der Waals surface area contributed by atoms with Crippen LogP contribution in [-0.4, -0.2) is 16.9 Å². The van der Waals surface area contributed by atoms with Crippen LogP contribution in [0.1, 0.15) is 31.2 Å². The highest BCUT2D eigenvalue weighted by atomic mass is 79.9. The van der Waals surface area contributed by atoms with Gasteiger partial charge in [-0.3, -0.25) is 0 Å². The quantitative estimate of drug-likeness (QED) is 0.768. The van der Waals surface area contributed by atoms with E-state index in [1.54, 1.807) is 6.07 Å². The van der Waals surface area contributed by atoms with E-state index in [0.717, 1.165) is 0 Å². The molecule has 2 rings (SSSR count). The Balaban J connectivity index is 2.17. The summed E-state index contributed by atoms with van der Waals surface area (Å²) < 4.78 is 52.0. The summed E-state index contributed by atoms with van der Waals surface area (Å²) in [6.07, 6.45) is -3.89. The predicted octanol–water partition coefficient (Wildman–Crippen LogP) is 4.61. The summed E-state index contributed by atoms with van der Waals surface area (Å²) >= 11 is 3.08.